The van der Waals surface area contributed by atoms with Crippen LogP contribution in [0.4, 0.5) is 39.1 Å². The Kier molecular flexibility index (Phi) is 9.25. The molecule has 0 radical (unpaired) electrons. The second-order valence-corrected chi connectivity index (χ2v) is 9.87. The Morgan fingerprint density at radius 2 is 1.80 bits per heavy atom. The minimum Gasteiger partial charge on any atom is -0.490 e. The summed E-state index contributed by atoms with van der Waals surface area (Å²) in [5.41, 5.74) is -2.09. The zero-order valence-corrected chi connectivity index (χ0v) is 21.6. The average molecular weight is 572 g/mol. The number of nitro groups is 1. The van der Waals surface area contributed by atoms with Crippen molar-refractivity contribution in [2.75, 3.05) is 36.4 Å². The predicted octanol–water partition coefficient (Wildman–Crippen LogP) is 5.50. The lowest BCUT2D eigenvalue weighted by molar-refractivity contribution is -0.388. The zero-order chi connectivity index (χ0) is 28.9. The van der Waals surface area contributed by atoms with Crippen LogP contribution in [0.15, 0.2) is 36.5 Å². The van der Waals surface area contributed by atoms with Crippen LogP contribution in [-0.2, 0) is 11.0 Å². The topological polar surface area (TPSA) is 101 Å². The molecule has 1 amide bonds. The molecule has 218 valence electrons. The third-order valence-electron chi connectivity index (χ3n) is 7.10. The van der Waals surface area contributed by atoms with Gasteiger partial charge in [0.15, 0.2) is 0 Å². The number of ether oxygens (including phenoxy) is 1. The van der Waals surface area contributed by atoms with Gasteiger partial charge in [-0.2, -0.15) is 13.2 Å². The van der Waals surface area contributed by atoms with Crippen LogP contribution in [0.2, 0.25) is 0 Å². The molecule has 1 N–H and O–H groups in total. The van der Waals surface area contributed by atoms with Gasteiger partial charge in [0.1, 0.15) is 17.1 Å². The van der Waals surface area contributed by atoms with Crippen molar-refractivity contribution < 1.29 is 36.4 Å². The van der Waals surface area contributed by atoms with Gasteiger partial charge in [0, 0.05) is 69.1 Å². The highest BCUT2D eigenvalue weighted by atomic mass is 19.4. The van der Waals surface area contributed by atoms with E-state index in [0.717, 1.165) is 12.1 Å². The van der Waals surface area contributed by atoms with Crippen LogP contribution in [0.25, 0.3) is 0 Å². The first kappa shape index (κ1) is 29.3. The number of benzene rings is 1. The molecule has 1 aliphatic heterocycles. The first-order valence-electron chi connectivity index (χ1n) is 13.1. The summed E-state index contributed by atoms with van der Waals surface area (Å²) >= 11 is 0. The molecule has 0 bridgehead atoms. The highest BCUT2D eigenvalue weighted by Gasteiger charge is 2.38. The van der Waals surface area contributed by atoms with Gasteiger partial charge in [0.05, 0.1) is 11.0 Å². The summed E-state index contributed by atoms with van der Waals surface area (Å²) in [5.74, 6) is 1.04. The summed E-state index contributed by atoms with van der Waals surface area (Å²) in [6.45, 7) is 1.88. The van der Waals surface area contributed by atoms with E-state index in [9.17, 15) is 36.9 Å². The number of piperazine rings is 1. The van der Waals surface area contributed by atoms with E-state index >= 15 is 0 Å². The maximum atomic E-state index is 13.3. The Balaban J connectivity index is 1.27. The van der Waals surface area contributed by atoms with Crippen LogP contribution in [0.1, 0.15) is 44.1 Å². The zero-order valence-electron chi connectivity index (χ0n) is 21.6. The maximum Gasteiger partial charge on any atom is 0.423 e. The van der Waals surface area contributed by atoms with E-state index in [0.29, 0.717) is 63.4 Å². The number of amides is 1. The SMILES string of the molecule is O=C(CCC(F)F)N1CCN(c2cc(OC3CCC(Nc4ccc([N+](=O)[O-])c(C(F)(F)F)c4)CC3)ccn2)CC1. The smallest absolute Gasteiger partial charge is 0.423 e. The number of pyridine rings is 1. The molecule has 0 unspecified atom stereocenters. The van der Waals surface area contributed by atoms with Gasteiger partial charge in [-0.1, -0.05) is 0 Å². The highest BCUT2D eigenvalue weighted by molar-refractivity contribution is 5.76. The number of nitrogens with one attached hydrogen (secondary N) is 1. The molecule has 1 saturated heterocycles. The first-order valence-corrected chi connectivity index (χ1v) is 13.1. The normalized spacial score (nSPS) is 19.9. The van der Waals surface area contributed by atoms with Crippen LogP contribution in [0, 0.1) is 10.1 Å². The molecule has 2 fully saturated rings. The Bertz CT molecular complexity index is 1180. The molecule has 2 heterocycles. The van der Waals surface area contributed by atoms with Crippen molar-refractivity contribution in [3.8, 4) is 5.75 Å². The summed E-state index contributed by atoms with van der Waals surface area (Å²) in [7, 11) is 0. The Hall–Kier alpha value is -3.71. The molecule has 14 heteroatoms. The molecule has 0 atom stereocenters. The van der Waals surface area contributed by atoms with E-state index in [4.69, 9.17) is 4.74 Å². The van der Waals surface area contributed by atoms with Gasteiger partial charge in [0.25, 0.3) is 5.69 Å². The van der Waals surface area contributed by atoms with Crippen molar-refractivity contribution in [3.63, 3.8) is 0 Å². The fraction of sp³-hybridized carbons (Fsp3) is 0.538. The Morgan fingerprint density at radius 1 is 1.10 bits per heavy atom. The largest absolute Gasteiger partial charge is 0.490 e. The number of rotatable bonds is 9. The lowest BCUT2D eigenvalue weighted by Gasteiger charge is -2.35. The molecule has 2 aliphatic rings. The second-order valence-electron chi connectivity index (χ2n) is 9.87. The monoisotopic (exact) mass is 571 g/mol. The van der Waals surface area contributed by atoms with Crippen LogP contribution in [0.3, 0.4) is 0 Å². The highest BCUT2D eigenvalue weighted by Crippen LogP contribution is 2.38. The molecule has 4 rings (SSSR count). The number of nitro benzene ring substituents is 1. The Morgan fingerprint density at radius 3 is 2.42 bits per heavy atom. The van der Waals surface area contributed by atoms with Crippen molar-refractivity contribution in [2.45, 2.75) is 63.3 Å². The van der Waals surface area contributed by atoms with E-state index in [2.05, 4.69) is 10.3 Å². The van der Waals surface area contributed by atoms with E-state index in [1.54, 1.807) is 17.2 Å². The van der Waals surface area contributed by atoms with E-state index in [-0.39, 0.29) is 30.2 Å². The third kappa shape index (κ3) is 7.69. The lowest BCUT2D eigenvalue weighted by atomic mass is 9.92. The van der Waals surface area contributed by atoms with Crippen molar-refractivity contribution >= 4 is 23.1 Å². The predicted molar refractivity (Wildman–Crippen MR) is 137 cm³/mol. The first-order chi connectivity index (χ1) is 19.0. The van der Waals surface area contributed by atoms with Crippen LogP contribution >= 0.6 is 0 Å². The number of anilines is 2. The molecule has 1 aromatic carbocycles. The summed E-state index contributed by atoms with van der Waals surface area (Å²) in [4.78, 5) is 30.0. The summed E-state index contributed by atoms with van der Waals surface area (Å²) < 4.78 is 70.8. The van der Waals surface area contributed by atoms with Gasteiger partial charge in [-0.15, -0.1) is 0 Å². The standard InChI is InChI=1S/C26H30F5N5O4/c27-23(28)7-8-25(37)35-13-11-34(12-14-35)24-16-20(9-10-32-24)40-19-4-1-17(2-5-19)33-18-3-6-22(36(38)39)21(15-18)26(29,30)31/h3,6,9-10,15-17,19,23,33H,1-2,4-5,7-8,11-14H2. The number of halogens is 5. The summed E-state index contributed by atoms with van der Waals surface area (Å²) in [6.07, 6.45) is -3.80. The fourth-order valence-electron chi connectivity index (χ4n) is 4.99. The third-order valence-corrected chi connectivity index (χ3v) is 7.10. The molecule has 1 aliphatic carbocycles. The van der Waals surface area contributed by atoms with Gasteiger partial charge >= 0.3 is 6.18 Å². The molecule has 40 heavy (non-hydrogen) atoms. The number of nitrogens with zero attached hydrogens (tertiary/aromatic N) is 4. The molecule has 0 spiro atoms. The van der Waals surface area contributed by atoms with Gasteiger partial charge in [-0.05, 0) is 43.9 Å². The van der Waals surface area contributed by atoms with Crippen molar-refractivity contribution in [1.82, 2.24) is 9.88 Å². The molecular weight excluding hydrogens is 541 g/mol. The number of hydrogen-bond acceptors (Lipinski definition) is 7. The van der Waals surface area contributed by atoms with Gasteiger partial charge < -0.3 is 19.9 Å². The van der Waals surface area contributed by atoms with Crippen LogP contribution in [0.5, 0.6) is 5.75 Å². The fourth-order valence-corrected chi connectivity index (χ4v) is 4.99. The number of alkyl halides is 5. The minimum absolute atomic E-state index is 0.0970. The molecule has 9 nitrogen and oxygen atoms in total. The average Bonchev–Trinajstić information content (AvgIpc) is 2.92. The summed E-state index contributed by atoms with van der Waals surface area (Å²) in [5, 5.41) is 14.0. The van der Waals surface area contributed by atoms with E-state index in [1.807, 2.05) is 11.0 Å². The number of hydrogen-bond donors (Lipinski definition) is 1. The van der Waals surface area contributed by atoms with Crippen molar-refractivity contribution in [3.05, 3.63) is 52.2 Å². The quantitative estimate of drug-likeness (QED) is 0.241. The van der Waals surface area contributed by atoms with Gasteiger partial charge in [-0.25, -0.2) is 13.8 Å². The number of carbonyl (C=O) groups excluding carboxylic acids is 1. The molecule has 1 saturated carbocycles. The van der Waals surface area contributed by atoms with E-state index in [1.165, 1.54) is 6.07 Å². The Labute approximate surface area is 227 Å². The van der Waals surface area contributed by atoms with E-state index < -0.39 is 35.2 Å². The molecular formula is C26H30F5N5O4. The number of aromatic nitrogens is 1. The van der Waals surface area contributed by atoms with Gasteiger partial charge in [0.2, 0.25) is 12.3 Å². The second kappa shape index (κ2) is 12.6. The lowest BCUT2D eigenvalue weighted by Crippen LogP contribution is -2.49. The molecule has 2 aromatic rings. The summed E-state index contributed by atoms with van der Waals surface area (Å²) in [6, 6.07) is 6.38. The van der Waals surface area contributed by atoms with Gasteiger partial charge in [-0.3, -0.25) is 14.9 Å². The molecule has 1 aromatic heterocycles. The maximum absolute atomic E-state index is 13.3. The number of carbonyl (C=O) groups is 1. The van der Waals surface area contributed by atoms with Crippen molar-refractivity contribution in [2.24, 2.45) is 0 Å². The van der Waals surface area contributed by atoms with Crippen molar-refractivity contribution in [1.29, 1.82) is 0 Å². The van der Waals surface area contributed by atoms with Crippen LogP contribution in [-0.4, -0.2) is 65.5 Å². The van der Waals surface area contributed by atoms with Crippen LogP contribution < -0.4 is 15.0 Å². The minimum atomic E-state index is -4.84.